The number of fused-ring (bicyclic) bond motifs is 6. The Morgan fingerprint density at radius 1 is 0.345 bits per heavy atom. The van der Waals surface area contributed by atoms with Crippen LogP contribution < -0.4 is 0 Å². The Morgan fingerprint density at radius 3 is 1.16 bits per heavy atom. The van der Waals surface area contributed by atoms with Crippen molar-refractivity contribution in [2.45, 2.75) is 32.1 Å². The molecule has 0 heteroatoms. The maximum absolute atomic E-state index is 2.55. The Hall–Kier alpha value is -6.50. The third-order valence-corrected chi connectivity index (χ3v) is 12.6. The minimum Gasteiger partial charge on any atom is -0.0622 e. The first-order chi connectivity index (χ1) is 27.1. The summed E-state index contributed by atoms with van der Waals surface area (Å²) in [5.74, 6) is 0. The highest BCUT2D eigenvalue weighted by molar-refractivity contribution is 6.22. The summed E-state index contributed by atoms with van der Waals surface area (Å²) in [4.78, 5) is 0. The molecule has 0 saturated heterocycles. The Bertz CT molecular complexity index is 2970. The quantitative estimate of drug-likeness (QED) is 0.160. The summed E-state index contributed by atoms with van der Waals surface area (Å²) in [6.07, 6.45) is 4.67. The Labute approximate surface area is 322 Å². The molecule has 0 bridgehead atoms. The molecular weight excluding hydrogens is 661 g/mol. The molecule has 0 nitrogen and oxygen atoms in total. The second-order valence-electron chi connectivity index (χ2n) is 15.9. The lowest BCUT2D eigenvalue weighted by molar-refractivity contribution is 0.652. The van der Waals surface area contributed by atoms with Crippen LogP contribution in [0.25, 0.3) is 87.6 Å². The minimum absolute atomic E-state index is 0.0105. The van der Waals surface area contributed by atoms with Gasteiger partial charge in [0.25, 0.3) is 0 Å². The average Bonchev–Trinajstić information content (AvgIpc) is 3.47. The van der Waals surface area contributed by atoms with Crippen molar-refractivity contribution < 1.29 is 0 Å². The normalized spacial score (nSPS) is 14.8. The van der Waals surface area contributed by atoms with Crippen LogP contribution >= 0.6 is 0 Å². The number of rotatable bonds is 4. The number of allylic oxidation sites excluding steroid dienone is 4. The van der Waals surface area contributed by atoms with Gasteiger partial charge < -0.3 is 0 Å². The summed E-state index contributed by atoms with van der Waals surface area (Å²) in [6.45, 7) is 4.81. The third kappa shape index (κ3) is 4.78. The Morgan fingerprint density at radius 2 is 0.709 bits per heavy atom. The first-order valence-corrected chi connectivity index (χ1v) is 19.7. The summed E-state index contributed by atoms with van der Waals surface area (Å²) >= 11 is 0. The van der Waals surface area contributed by atoms with Crippen LogP contribution in [0.3, 0.4) is 0 Å². The zero-order chi connectivity index (χ0) is 36.7. The fourth-order valence-electron chi connectivity index (χ4n) is 10.1. The lowest BCUT2D eigenvalue weighted by Gasteiger charge is -2.27. The van der Waals surface area contributed by atoms with Gasteiger partial charge in [-0.05, 0) is 123 Å². The molecule has 0 saturated carbocycles. The van der Waals surface area contributed by atoms with Crippen LogP contribution in [-0.4, -0.2) is 0 Å². The Kier molecular flexibility index (Phi) is 7.13. The van der Waals surface area contributed by atoms with Crippen molar-refractivity contribution in [1.29, 1.82) is 0 Å². The van der Waals surface area contributed by atoms with E-state index < -0.39 is 0 Å². The number of hydrogen-bond acceptors (Lipinski definition) is 0. The molecule has 2 aliphatic rings. The van der Waals surface area contributed by atoms with Gasteiger partial charge in [0, 0.05) is 5.41 Å². The van der Waals surface area contributed by atoms with Crippen LogP contribution in [0, 0.1) is 0 Å². The van der Waals surface area contributed by atoms with E-state index in [1.165, 1.54) is 110 Å². The van der Waals surface area contributed by atoms with Crippen molar-refractivity contribution in [3.63, 3.8) is 0 Å². The molecule has 0 radical (unpaired) electrons. The van der Waals surface area contributed by atoms with Crippen LogP contribution in [0.15, 0.2) is 188 Å². The van der Waals surface area contributed by atoms with Crippen LogP contribution in [0.5, 0.6) is 0 Å². The third-order valence-electron chi connectivity index (χ3n) is 12.6. The molecule has 0 unspecified atom stereocenters. The van der Waals surface area contributed by atoms with E-state index in [2.05, 4.69) is 196 Å². The summed E-state index contributed by atoms with van der Waals surface area (Å²) in [5, 5.41) is 10.4. The van der Waals surface area contributed by atoms with Crippen LogP contribution in [0.4, 0.5) is 0 Å². The molecule has 9 aromatic rings. The molecule has 0 spiro atoms. The molecule has 0 atom stereocenters. The molecule has 9 aromatic carbocycles. The molecule has 0 aromatic heterocycles. The SMILES string of the molecule is CC1(C)C2=C(CCC(c3c4ccccc4c(-c4ccc(-c5c6ccccc6c(-c6ccccc6)c6ccccc56)cc4)c4ccccc34)=C2)c2ccccc21. The van der Waals surface area contributed by atoms with Crippen LogP contribution in [-0.2, 0) is 5.41 Å². The average molecular weight is 701 g/mol. The lowest BCUT2D eigenvalue weighted by atomic mass is 9.76. The summed E-state index contributed by atoms with van der Waals surface area (Å²) in [6, 6.07) is 65.4. The van der Waals surface area contributed by atoms with Crippen molar-refractivity contribution in [2.75, 3.05) is 0 Å². The van der Waals surface area contributed by atoms with E-state index in [-0.39, 0.29) is 5.41 Å². The van der Waals surface area contributed by atoms with Gasteiger partial charge in [0.05, 0.1) is 0 Å². The largest absolute Gasteiger partial charge is 0.0622 e. The Balaban J connectivity index is 1.09. The molecule has 0 fully saturated rings. The van der Waals surface area contributed by atoms with Crippen molar-refractivity contribution in [3.05, 3.63) is 204 Å². The maximum atomic E-state index is 2.55. The molecule has 2 aliphatic carbocycles. The second kappa shape index (κ2) is 12.3. The molecule has 0 amide bonds. The molecule has 11 rings (SSSR count). The summed E-state index contributed by atoms with van der Waals surface area (Å²) in [7, 11) is 0. The van der Waals surface area contributed by atoms with Gasteiger partial charge in [0.1, 0.15) is 0 Å². The number of benzene rings is 9. The van der Waals surface area contributed by atoms with E-state index in [0.717, 1.165) is 12.8 Å². The lowest BCUT2D eigenvalue weighted by Crippen LogP contribution is -2.17. The summed E-state index contributed by atoms with van der Waals surface area (Å²) in [5.41, 5.74) is 16.4. The molecule has 0 aliphatic heterocycles. The van der Waals surface area contributed by atoms with E-state index in [0.29, 0.717) is 0 Å². The smallest absolute Gasteiger partial charge is 0.0155 e. The first-order valence-electron chi connectivity index (χ1n) is 19.7. The van der Waals surface area contributed by atoms with Gasteiger partial charge in [-0.3, -0.25) is 0 Å². The zero-order valence-electron chi connectivity index (χ0n) is 31.2. The molecule has 0 N–H and O–H groups in total. The topological polar surface area (TPSA) is 0 Å². The van der Waals surface area contributed by atoms with Crippen molar-refractivity contribution >= 4 is 54.2 Å². The minimum atomic E-state index is -0.0105. The highest BCUT2D eigenvalue weighted by Gasteiger charge is 2.38. The zero-order valence-corrected chi connectivity index (χ0v) is 31.2. The molecular formula is C55H40. The fourth-order valence-corrected chi connectivity index (χ4v) is 10.1. The van der Waals surface area contributed by atoms with Crippen LogP contribution in [0.1, 0.15) is 43.4 Å². The van der Waals surface area contributed by atoms with Gasteiger partial charge in [-0.2, -0.15) is 0 Å². The van der Waals surface area contributed by atoms with Gasteiger partial charge in [0.2, 0.25) is 0 Å². The molecule has 260 valence electrons. The van der Waals surface area contributed by atoms with E-state index >= 15 is 0 Å². The summed E-state index contributed by atoms with van der Waals surface area (Å²) < 4.78 is 0. The molecule has 0 heterocycles. The van der Waals surface area contributed by atoms with Gasteiger partial charge in [-0.1, -0.05) is 196 Å². The monoisotopic (exact) mass is 700 g/mol. The van der Waals surface area contributed by atoms with Gasteiger partial charge in [-0.15, -0.1) is 0 Å². The predicted molar refractivity (Wildman–Crippen MR) is 236 cm³/mol. The van der Waals surface area contributed by atoms with Crippen LogP contribution in [0.2, 0.25) is 0 Å². The van der Waals surface area contributed by atoms with Gasteiger partial charge in [0.15, 0.2) is 0 Å². The number of hydrogen-bond donors (Lipinski definition) is 0. The van der Waals surface area contributed by atoms with Crippen molar-refractivity contribution in [2.24, 2.45) is 0 Å². The van der Waals surface area contributed by atoms with E-state index in [1.54, 1.807) is 0 Å². The van der Waals surface area contributed by atoms with E-state index in [4.69, 9.17) is 0 Å². The maximum Gasteiger partial charge on any atom is 0.0155 e. The second-order valence-corrected chi connectivity index (χ2v) is 15.9. The highest BCUT2D eigenvalue weighted by Crippen LogP contribution is 2.53. The highest BCUT2D eigenvalue weighted by atomic mass is 14.4. The molecule has 55 heavy (non-hydrogen) atoms. The first kappa shape index (κ1) is 32.0. The van der Waals surface area contributed by atoms with Gasteiger partial charge >= 0.3 is 0 Å². The fraction of sp³-hybridized carbons (Fsp3) is 0.0909. The van der Waals surface area contributed by atoms with E-state index in [1.807, 2.05) is 0 Å². The van der Waals surface area contributed by atoms with E-state index in [9.17, 15) is 0 Å². The standard InChI is InChI=1S/C55H40/c1-55(2)49-27-15-14-18-39(49)40-33-32-38(34-50(40)55)54-47-25-12-10-23-45(47)53(46-24-11-13-26-48(46)54)37-30-28-36(29-31-37)52-43-21-8-6-19-41(43)51(35-16-4-3-5-17-35)42-20-7-9-22-44(42)52/h3-31,34H,32-33H2,1-2H3. The van der Waals surface area contributed by atoms with Crippen molar-refractivity contribution in [3.8, 4) is 33.4 Å². The van der Waals surface area contributed by atoms with Crippen molar-refractivity contribution in [1.82, 2.24) is 0 Å². The predicted octanol–water partition coefficient (Wildman–Crippen LogP) is 15.2. The van der Waals surface area contributed by atoms with Gasteiger partial charge in [-0.25, -0.2) is 0 Å².